The predicted octanol–water partition coefficient (Wildman–Crippen LogP) is 1.17. The summed E-state index contributed by atoms with van der Waals surface area (Å²) in [5, 5.41) is 0. The van der Waals surface area contributed by atoms with Crippen LogP contribution in [0.15, 0.2) is 36.4 Å². The molecule has 1 nitrogen and oxygen atoms in total. The molecule has 3 heteroatoms. The van der Waals surface area contributed by atoms with Gasteiger partial charge in [0.05, 0.1) is 0 Å². The van der Waals surface area contributed by atoms with Gasteiger partial charge in [0.25, 0.3) is 0 Å². The van der Waals surface area contributed by atoms with Gasteiger partial charge in [-0.25, -0.2) is 0 Å². The van der Waals surface area contributed by atoms with Crippen molar-refractivity contribution < 1.29 is 4.74 Å². The third-order valence-corrected chi connectivity index (χ3v) is 3.05. The lowest BCUT2D eigenvalue weighted by Crippen LogP contribution is -2.04. The molecule has 0 N–H and O–H groups in total. The SMILES string of the molecule is [B]c1ccc2c(c1)CCc1cc([B])ccc1O2. The summed E-state index contributed by atoms with van der Waals surface area (Å²) in [7, 11) is 11.6. The van der Waals surface area contributed by atoms with E-state index in [-0.39, 0.29) is 0 Å². The summed E-state index contributed by atoms with van der Waals surface area (Å²) >= 11 is 0. The van der Waals surface area contributed by atoms with Crippen LogP contribution in [0, 0.1) is 0 Å². The minimum atomic E-state index is 0.776. The summed E-state index contributed by atoms with van der Waals surface area (Å²) in [6.07, 6.45) is 1.85. The van der Waals surface area contributed by atoms with E-state index < -0.39 is 0 Å². The van der Waals surface area contributed by atoms with Crippen LogP contribution in [0.1, 0.15) is 11.1 Å². The molecule has 0 fully saturated rings. The molecule has 0 spiro atoms. The third-order valence-electron chi connectivity index (χ3n) is 3.05. The highest BCUT2D eigenvalue weighted by atomic mass is 16.5. The molecular weight excluding hydrogens is 206 g/mol. The molecule has 0 bridgehead atoms. The van der Waals surface area contributed by atoms with Crippen molar-refractivity contribution in [3.05, 3.63) is 47.5 Å². The van der Waals surface area contributed by atoms with E-state index in [0.29, 0.717) is 0 Å². The van der Waals surface area contributed by atoms with Gasteiger partial charge in [0.2, 0.25) is 0 Å². The molecule has 1 aliphatic heterocycles. The standard InChI is InChI=1S/C14H10B2O/c15-11-3-5-13-9(7-11)1-2-10-8-12(16)4-6-14(10)17-13/h3-8H,1-2H2. The van der Waals surface area contributed by atoms with Gasteiger partial charge in [-0.2, -0.15) is 0 Å². The molecule has 2 aromatic rings. The minimum Gasteiger partial charge on any atom is -0.457 e. The van der Waals surface area contributed by atoms with Crippen LogP contribution in [0.2, 0.25) is 0 Å². The Hall–Kier alpha value is -1.63. The first-order valence-corrected chi connectivity index (χ1v) is 5.67. The van der Waals surface area contributed by atoms with Crippen molar-refractivity contribution in [1.29, 1.82) is 0 Å². The largest absolute Gasteiger partial charge is 0.457 e. The molecule has 0 saturated carbocycles. The van der Waals surface area contributed by atoms with E-state index >= 15 is 0 Å². The number of hydrogen-bond donors (Lipinski definition) is 0. The quantitative estimate of drug-likeness (QED) is 0.600. The maximum Gasteiger partial charge on any atom is 0.130 e. The second-order valence-corrected chi connectivity index (χ2v) is 4.34. The monoisotopic (exact) mass is 216 g/mol. The Kier molecular flexibility index (Phi) is 2.47. The summed E-state index contributed by atoms with van der Waals surface area (Å²) in [5.74, 6) is 1.78. The summed E-state index contributed by atoms with van der Waals surface area (Å²) in [4.78, 5) is 0. The van der Waals surface area contributed by atoms with Crippen molar-refractivity contribution in [1.82, 2.24) is 0 Å². The molecule has 1 aliphatic rings. The summed E-state index contributed by atoms with van der Waals surface area (Å²) < 4.78 is 5.90. The number of rotatable bonds is 0. The zero-order chi connectivity index (χ0) is 11.8. The smallest absolute Gasteiger partial charge is 0.130 e. The molecule has 17 heavy (non-hydrogen) atoms. The normalized spacial score (nSPS) is 13.2. The number of fused-ring (bicyclic) bond motifs is 2. The van der Waals surface area contributed by atoms with Gasteiger partial charge in [-0.15, -0.1) is 0 Å². The highest BCUT2D eigenvalue weighted by Crippen LogP contribution is 2.32. The van der Waals surface area contributed by atoms with Crippen LogP contribution >= 0.6 is 0 Å². The van der Waals surface area contributed by atoms with Crippen LogP contribution in [0.4, 0.5) is 0 Å². The molecule has 3 rings (SSSR count). The molecular formula is C14H10B2O. The highest BCUT2D eigenvalue weighted by Gasteiger charge is 2.14. The van der Waals surface area contributed by atoms with E-state index in [1.54, 1.807) is 0 Å². The lowest BCUT2D eigenvalue weighted by atomic mass is 9.91. The third kappa shape index (κ3) is 1.97. The molecule has 4 radical (unpaired) electrons. The Balaban J connectivity index is 2.07. The second kappa shape index (κ2) is 3.99. The minimum absolute atomic E-state index is 0.776. The van der Waals surface area contributed by atoms with Crippen molar-refractivity contribution in [3.63, 3.8) is 0 Å². The van der Waals surface area contributed by atoms with E-state index in [9.17, 15) is 0 Å². The first kappa shape index (κ1) is 10.5. The van der Waals surface area contributed by atoms with Crippen molar-refractivity contribution in [3.8, 4) is 11.5 Å². The fourth-order valence-corrected chi connectivity index (χ4v) is 2.18. The van der Waals surface area contributed by atoms with Crippen LogP contribution in [-0.2, 0) is 12.8 Å². The molecule has 0 aliphatic carbocycles. The zero-order valence-corrected chi connectivity index (χ0v) is 9.44. The molecule has 0 atom stereocenters. The summed E-state index contributed by atoms with van der Waals surface area (Å²) in [6, 6.07) is 11.5. The van der Waals surface area contributed by atoms with Crippen LogP contribution in [0.5, 0.6) is 11.5 Å². The van der Waals surface area contributed by atoms with Gasteiger partial charge >= 0.3 is 0 Å². The van der Waals surface area contributed by atoms with Crippen molar-refractivity contribution in [2.45, 2.75) is 12.8 Å². The maximum absolute atomic E-state index is 5.90. The van der Waals surface area contributed by atoms with E-state index in [1.165, 1.54) is 0 Å². The van der Waals surface area contributed by atoms with E-state index in [1.807, 2.05) is 36.4 Å². The van der Waals surface area contributed by atoms with E-state index in [0.717, 1.165) is 46.4 Å². The molecule has 0 aromatic heterocycles. The topological polar surface area (TPSA) is 9.23 Å². The van der Waals surface area contributed by atoms with Crippen molar-refractivity contribution >= 4 is 26.6 Å². The first-order valence-electron chi connectivity index (χ1n) is 5.67. The average molecular weight is 216 g/mol. The Bertz CT molecular complexity index is 527. The lowest BCUT2D eigenvalue weighted by Gasteiger charge is -2.09. The Morgan fingerprint density at radius 2 is 1.24 bits per heavy atom. The highest BCUT2D eigenvalue weighted by molar-refractivity contribution is 6.32. The number of hydrogen-bond acceptors (Lipinski definition) is 1. The average Bonchev–Trinajstić information content (AvgIpc) is 2.48. The van der Waals surface area contributed by atoms with Crippen molar-refractivity contribution in [2.24, 2.45) is 0 Å². The maximum atomic E-state index is 5.90. The number of aryl methyl sites for hydroxylation is 2. The summed E-state index contributed by atoms with van der Waals surface area (Å²) in [5.41, 5.74) is 3.86. The Morgan fingerprint density at radius 1 is 0.765 bits per heavy atom. The van der Waals surface area contributed by atoms with Gasteiger partial charge in [0.15, 0.2) is 0 Å². The fraction of sp³-hybridized carbons (Fsp3) is 0.143. The van der Waals surface area contributed by atoms with Crippen LogP contribution in [0.3, 0.4) is 0 Å². The van der Waals surface area contributed by atoms with Crippen molar-refractivity contribution in [2.75, 3.05) is 0 Å². The molecule has 0 amide bonds. The van der Waals surface area contributed by atoms with Gasteiger partial charge in [-0.1, -0.05) is 35.2 Å². The van der Waals surface area contributed by atoms with Gasteiger partial charge in [0.1, 0.15) is 27.2 Å². The van der Waals surface area contributed by atoms with Gasteiger partial charge in [0, 0.05) is 0 Å². The van der Waals surface area contributed by atoms with Crippen LogP contribution in [0.25, 0.3) is 0 Å². The molecule has 78 valence electrons. The number of benzene rings is 2. The molecule has 0 unspecified atom stereocenters. The van der Waals surface area contributed by atoms with Gasteiger partial charge in [-0.3, -0.25) is 0 Å². The van der Waals surface area contributed by atoms with Gasteiger partial charge in [-0.05, 0) is 36.1 Å². The zero-order valence-electron chi connectivity index (χ0n) is 9.44. The predicted molar refractivity (Wildman–Crippen MR) is 71.1 cm³/mol. The molecule has 1 heterocycles. The molecule has 2 aromatic carbocycles. The van der Waals surface area contributed by atoms with E-state index in [2.05, 4.69) is 0 Å². The van der Waals surface area contributed by atoms with Crippen LogP contribution < -0.4 is 15.7 Å². The Morgan fingerprint density at radius 3 is 1.71 bits per heavy atom. The first-order chi connectivity index (χ1) is 8.22. The fourth-order valence-electron chi connectivity index (χ4n) is 2.18. The lowest BCUT2D eigenvalue weighted by molar-refractivity contribution is 0.479. The van der Waals surface area contributed by atoms with Gasteiger partial charge < -0.3 is 4.74 Å². The summed E-state index contributed by atoms with van der Waals surface area (Å²) in [6.45, 7) is 0. The second-order valence-electron chi connectivity index (χ2n) is 4.34. The molecule has 0 saturated heterocycles. The van der Waals surface area contributed by atoms with E-state index in [4.69, 9.17) is 20.4 Å². The number of ether oxygens (including phenoxy) is 1. The Labute approximate surface area is 104 Å². The van der Waals surface area contributed by atoms with Crippen LogP contribution in [-0.4, -0.2) is 15.7 Å².